The summed E-state index contributed by atoms with van der Waals surface area (Å²) in [6.07, 6.45) is 1.50. The number of carbonyl (C=O) groups is 1. The topological polar surface area (TPSA) is 83.8 Å². The van der Waals surface area contributed by atoms with E-state index in [1.54, 1.807) is 43.3 Å². The van der Waals surface area contributed by atoms with E-state index in [2.05, 4.69) is 10.5 Å². The molecule has 7 nitrogen and oxygen atoms in total. The van der Waals surface area contributed by atoms with Gasteiger partial charge in [0.05, 0.1) is 32.5 Å². The Morgan fingerprint density at radius 2 is 1.60 bits per heavy atom. The SMILES string of the molecule is Cc1ccc(S(=O)(=O)N(CC(=O)N/N=C\c2cc(C)n(-c3cccc(Cl)c3Cl)c2C)c2cccc(Cl)c2C)cc1. The van der Waals surface area contributed by atoms with Gasteiger partial charge >= 0.3 is 0 Å². The minimum Gasteiger partial charge on any atom is -0.316 e. The summed E-state index contributed by atoms with van der Waals surface area (Å²) in [5.74, 6) is -0.627. The molecule has 11 heteroatoms. The summed E-state index contributed by atoms with van der Waals surface area (Å²) < 4.78 is 30.3. The lowest BCUT2D eigenvalue weighted by Crippen LogP contribution is -2.40. The molecule has 4 aromatic rings. The Bertz CT molecular complexity index is 1720. The number of amides is 1. The third-order valence-corrected chi connectivity index (χ3v) is 9.43. The van der Waals surface area contributed by atoms with Crippen molar-refractivity contribution in [1.29, 1.82) is 0 Å². The molecule has 0 saturated heterocycles. The number of anilines is 1. The summed E-state index contributed by atoms with van der Waals surface area (Å²) in [4.78, 5) is 13.1. The van der Waals surface area contributed by atoms with Crippen molar-refractivity contribution in [2.24, 2.45) is 5.10 Å². The minimum atomic E-state index is -4.09. The van der Waals surface area contributed by atoms with E-state index in [1.165, 1.54) is 18.3 Å². The molecule has 0 bridgehead atoms. The molecule has 1 amide bonds. The van der Waals surface area contributed by atoms with Gasteiger partial charge in [-0.15, -0.1) is 0 Å². The molecule has 208 valence electrons. The molecule has 0 aliphatic carbocycles. The molecular formula is C29H27Cl3N4O3S. The minimum absolute atomic E-state index is 0.0564. The second-order valence-electron chi connectivity index (χ2n) is 9.24. The maximum absolute atomic E-state index is 13.7. The van der Waals surface area contributed by atoms with Crippen LogP contribution in [-0.2, 0) is 14.8 Å². The number of hydrogen-bond acceptors (Lipinski definition) is 4. The van der Waals surface area contributed by atoms with Crippen LogP contribution in [0.1, 0.15) is 28.1 Å². The molecular weight excluding hydrogens is 591 g/mol. The van der Waals surface area contributed by atoms with Crippen LogP contribution in [0.2, 0.25) is 15.1 Å². The second-order valence-corrected chi connectivity index (χ2v) is 12.3. The van der Waals surface area contributed by atoms with E-state index in [-0.39, 0.29) is 4.90 Å². The van der Waals surface area contributed by atoms with Gasteiger partial charge in [0.15, 0.2) is 0 Å². The van der Waals surface area contributed by atoms with Crippen molar-refractivity contribution in [2.45, 2.75) is 32.6 Å². The number of carbonyl (C=O) groups excluding carboxylic acids is 1. The van der Waals surface area contributed by atoms with Gasteiger partial charge in [0, 0.05) is 22.0 Å². The summed E-state index contributed by atoms with van der Waals surface area (Å²) in [6, 6.07) is 18.6. The summed E-state index contributed by atoms with van der Waals surface area (Å²) in [7, 11) is -4.09. The van der Waals surface area contributed by atoms with Crippen LogP contribution < -0.4 is 9.73 Å². The Morgan fingerprint density at radius 3 is 2.30 bits per heavy atom. The first-order valence-electron chi connectivity index (χ1n) is 12.2. The molecule has 4 rings (SSSR count). The zero-order valence-corrected chi connectivity index (χ0v) is 25.3. The van der Waals surface area contributed by atoms with Crippen molar-refractivity contribution in [2.75, 3.05) is 10.8 Å². The lowest BCUT2D eigenvalue weighted by Gasteiger charge is -2.25. The first-order chi connectivity index (χ1) is 18.9. The number of halogens is 3. The lowest BCUT2D eigenvalue weighted by atomic mass is 10.2. The largest absolute Gasteiger partial charge is 0.316 e. The maximum atomic E-state index is 13.7. The monoisotopic (exact) mass is 616 g/mol. The number of nitrogens with zero attached hydrogens (tertiary/aromatic N) is 3. The first-order valence-corrected chi connectivity index (χ1v) is 14.8. The van der Waals surface area contributed by atoms with Gasteiger partial charge in [-0.3, -0.25) is 9.10 Å². The van der Waals surface area contributed by atoms with Gasteiger partial charge in [0.2, 0.25) is 0 Å². The van der Waals surface area contributed by atoms with E-state index >= 15 is 0 Å². The summed E-state index contributed by atoms with van der Waals surface area (Å²) >= 11 is 18.9. The molecule has 1 N–H and O–H groups in total. The molecule has 0 atom stereocenters. The molecule has 0 radical (unpaired) electrons. The summed E-state index contributed by atoms with van der Waals surface area (Å²) in [6.45, 7) is 6.87. The number of rotatable bonds is 8. The number of aromatic nitrogens is 1. The van der Waals surface area contributed by atoms with E-state index in [9.17, 15) is 13.2 Å². The van der Waals surface area contributed by atoms with Crippen LogP contribution >= 0.6 is 34.8 Å². The first kappa shape index (κ1) is 29.7. The normalized spacial score (nSPS) is 11.7. The number of sulfonamides is 1. The van der Waals surface area contributed by atoms with Crippen LogP contribution in [0.15, 0.2) is 76.7 Å². The number of hydrazone groups is 1. The van der Waals surface area contributed by atoms with E-state index in [1.807, 2.05) is 43.5 Å². The van der Waals surface area contributed by atoms with Crippen LogP contribution in [0.5, 0.6) is 0 Å². The van der Waals surface area contributed by atoms with Gasteiger partial charge in [0.25, 0.3) is 15.9 Å². The molecule has 1 aromatic heterocycles. The predicted octanol–water partition coefficient (Wildman–Crippen LogP) is 7.02. The van der Waals surface area contributed by atoms with Crippen LogP contribution in [0.25, 0.3) is 5.69 Å². The maximum Gasteiger partial charge on any atom is 0.264 e. The number of aryl methyl sites for hydroxylation is 2. The van der Waals surface area contributed by atoms with E-state index < -0.39 is 22.5 Å². The Labute approximate surface area is 249 Å². The zero-order valence-electron chi connectivity index (χ0n) is 22.2. The third-order valence-electron chi connectivity index (χ3n) is 6.44. The highest BCUT2D eigenvalue weighted by Crippen LogP contribution is 2.32. The van der Waals surface area contributed by atoms with Crippen molar-refractivity contribution in [3.63, 3.8) is 0 Å². The van der Waals surface area contributed by atoms with Crippen molar-refractivity contribution in [1.82, 2.24) is 9.99 Å². The zero-order chi connectivity index (χ0) is 29.2. The number of hydrogen-bond donors (Lipinski definition) is 1. The molecule has 0 fully saturated rings. The molecule has 40 heavy (non-hydrogen) atoms. The number of nitrogens with one attached hydrogen (secondary N) is 1. The highest BCUT2D eigenvalue weighted by atomic mass is 35.5. The van der Waals surface area contributed by atoms with Gasteiger partial charge < -0.3 is 4.57 Å². The van der Waals surface area contributed by atoms with Gasteiger partial charge in [-0.25, -0.2) is 13.8 Å². The second kappa shape index (κ2) is 12.1. The van der Waals surface area contributed by atoms with Crippen molar-refractivity contribution >= 4 is 62.6 Å². The molecule has 0 aliphatic heterocycles. The molecule has 0 aliphatic rings. The van der Waals surface area contributed by atoms with E-state index in [0.29, 0.717) is 26.3 Å². The summed E-state index contributed by atoms with van der Waals surface area (Å²) in [5.41, 5.74) is 7.38. The smallest absolute Gasteiger partial charge is 0.264 e. The van der Waals surface area contributed by atoms with Crippen LogP contribution in [0.3, 0.4) is 0 Å². The summed E-state index contributed by atoms with van der Waals surface area (Å²) in [5, 5.41) is 5.35. The molecule has 3 aromatic carbocycles. The van der Waals surface area contributed by atoms with Crippen molar-refractivity contribution < 1.29 is 13.2 Å². The third kappa shape index (κ3) is 6.05. The van der Waals surface area contributed by atoms with E-state index in [0.717, 1.165) is 32.5 Å². The van der Waals surface area contributed by atoms with Crippen LogP contribution in [0.4, 0.5) is 5.69 Å². The highest BCUT2D eigenvalue weighted by Gasteiger charge is 2.28. The fourth-order valence-corrected chi connectivity index (χ4v) is 6.33. The average Bonchev–Trinajstić information content (AvgIpc) is 3.19. The fourth-order valence-electron chi connectivity index (χ4n) is 4.30. The van der Waals surface area contributed by atoms with Gasteiger partial charge in [-0.1, -0.05) is 64.6 Å². The lowest BCUT2D eigenvalue weighted by molar-refractivity contribution is -0.119. The van der Waals surface area contributed by atoms with Crippen molar-refractivity contribution in [3.05, 3.63) is 110 Å². The fraction of sp³-hybridized carbons (Fsp3) is 0.172. The standard InChI is InChI=1S/C29H27Cl3N4O3S/c1-18-11-13-23(14-12-18)40(38,39)35(26-9-5-7-24(30)20(26)3)17-28(37)34-33-16-22-15-19(2)36(21(22)4)27-10-6-8-25(31)29(27)32/h5-16H,17H2,1-4H3,(H,34,37)/b33-16-. The van der Waals surface area contributed by atoms with Crippen LogP contribution in [0, 0.1) is 27.7 Å². The molecule has 0 unspecified atom stereocenters. The Balaban J connectivity index is 1.60. The molecule has 0 spiro atoms. The van der Waals surface area contributed by atoms with E-state index in [4.69, 9.17) is 34.8 Å². The molecule has 1 heterocycles. The number of benzene rings is 3. The average molecular weight is 618 g/mol. The quantitative estimate of drug-likeness (QED) is 0.170. The Morgan fingerprint density at radius 1 is 0.950 bits per heavy atom. The predicted molar refractivity (Wildman–Crippen MR) is 163 cm³/mol. The van der Waals surface area contributed by atoms with Crippen molar-refractivity contribution in [3.8, 4) is 5.69 Å². The Kier molecular flexibility index (Phi) is 8.95. The van der Waals surface area contributed by atoms with Gasteiger partial charge in [0.1, 0.15) is 6.54 Å². The highest BCUT2D eigenvalue weighted by molar-refractivity contribution is 7.92. The van der Waals surface area contributed by atoms with Gasteiger partial charge in [-0.2, -0.15) is 5.10 Å². The Hall–Kier alpha value is -3.30. The molecule has 0 saturated carbocycles. The van der Waals surface area contributed by atoms with Crippen LogP contribution in [-0.4, -0.2) is 31.7 Å². The van der Waals surface area contributed by atoms with Gasteiger partial charge in [-0.05, 0) is 75.7 Å².